The number of rotatable bonds is 6. The Bertz CT molecular complexity index is 592. The number of hydrogen-bond donors (Lipinski definition) is 0. The number of nitriles is 1. The fraction of sp³-hybridized carbons (Fsp3) is 0.294. The summed E-state index contributed by atoms with van der Waals surface area (Å²) in [6, 6.07) is 13.9. The molecule has 0 saturated carbocycles. The molecule has 0 aliphatic rings. The van der Waals surface area contributed by atoms with E-state index in [2.05, 4.69) is 40.0 Å². The second-order valence-corrected chi connectivity index (χ2v) is 5.89. The van der Waals surface area contributed by atoms with E-state index in [9.17, 15) is 0 Å². The Labute approximate surface area is 133 Å². The van der Waals surface area contributed by atoms with E-state index in [1.165, 1.54) is 5.56 Å². The number of aromatic nitrogens is 1. The van der Waals surface area contributed by atoms with Crippen LogP contribution in [0.4, 0.5) is 0 Å². The Morgan fingerprint density at radius 2 is 2.05 bits per heavy atom. The van der Waals surface area contributed by atoms with Gasteiger partial charge in [-0.15, -0.1) is 0 Å². The zero-order valence-corrected chi connectivity index (χ0v) is 13.5. The lowest BCUT2D eigenvalue weighted by Gasteiger charge is -2.20. The van der Waals surface area contributed by atoms with Crippen LogP contribution in [0.15, 0.2) is 53.3 Å². The second-order valence-electron chi connectivity index (χ2n) is 4.98. The Kier molecular flexibility index (Phi) is 5.77. The van der Waals surface area contributed by atoms with E-state index in [0.717, 1.165) is 16.6 Å². The van der Waals surface area contributed by atoms with Crippen LogP contribution in [0, 0.1) is 11.3 Å². The van der Waals surface area contributed by atoms with Crippen molar-refractivity contribution >= 4 is 15.9 Å². The zero-order chi connectivity index (χ0) is 15.1. The van der Waals surface area contributed by atoms with Crippen LogP contribution in [0.5, 0.6) is 5.75 Å². The first kappa shape index (κ1) is 15.5. The molecule has 1 aromatic heterocycles. The van der Waals surface area contributed by atoms with Gasteiger partial charge in [-0.3, -0.25) is 4.98 Å². The molecule has 0 N–H and O–H groups in total. The van der Waals surface area contributed by atoms with E-state index in [1.807, 2.05) is 36.5 Å². The largest absolute Gasteiger partial charge is 0.489 e. The number of hydrogen-bond acceptors (Lipinski definition) is 3. The molecule has 21 heavy (non-hydrogen) atoms. The maximum absolute atomic E-state index is 8.99. The van der Waals surface area contributed by atoms with E-state index in [-0.39, 0.29) is 6.10 Å². The Balaban J connectivity index is 2.02. The molecule has 0 aliphatic heterocycles. The van der Waals surface area contributed by atoms with Crippen molar-refractivity contribution < 1.29 is 4.74 Å². The summed E-state index contributed by atoms with van der Waals surface area (Å²) < 4.78 is 6.95. The number of nitrogens with zero attached hydrogens (tertiary/aromatic N) is 2. The van der Waals surface area contributed by atoms with E-state index < -0.39 is 0 Å². The fourth-order valence-electron chi connectivity index (χ4n) is 2.18. The van der Waals surface area contributed by atoms with Gasteiger partial charge in [0, 0.05) is 16.9 Å². The van der Waals surface area contributed by atoms with Gasteiger partial charge < -0.3 is 4.74 Å². The molecule has 2 atom stereocenters. The minimum Gasteiger partial charge on any atom is -0.489 e. The van der Waals surface area contributed by atoms with Gasteiger partial charge in [0.15, 0.2) is 0 Å². The average molecular weight is 345 g/mol. The molecule has 108 valence electrons. The zero-order valence-electron chi connectivity index (χ0n) is 11.9. The van der Waals surface area contributed by atoms with Crippen LogP contribution < -0.4 is 4.74 Å². The highest BCUT2D eigenvalue weighted by atomic mass is 79.9. The van der Waals surface area contributed by atoms with Crippen molar-refractivity contribution in [2.45, 2.75) is 31.8 Å². The third-order valence-corrected chi connectivity index (χ3v) is 3.83. The van der Waals surface area contributed by atoms with E-state index in [0.29, 0.717) is 12.3 Å². The first-order valence-corrected chi connectivity index (χ1v) is 7.67. The van der Waals surface area contributed by atoms with Crippen molar-refractivity contribution in [2.24, 2.45) is 0 Å². The highest BCUT2D eigenvalue weighted by Gasteiger charge is 2.16. The molecule has 0 amide bonds. The van der Waals surface area contributed by atoms with Gasteiger partial charge in [-0.2, -0.15) is 5.26 Å². The van der Waals surface area contributed by atoms with Gasteiger partial charge >= 0.3 is 0 Å². The number of ether oxygens (including phenoxy) is 1. The molecule has 1 aromatic carbocycles. The Morgan fingerprint density at radius 3 is 2.67 bits per heavy atom. The van der Waals surface area contributed by atoms with Crippen molar-refractivity contribution in [3.05, 3.63) is 58.8 Å². The van der Waals surface area contributed by atoms with Crippen molar-refractivity contribution in [1.82, 2.24) is 4.98 Å². The molecule has 3 nitrogen and oxygen atoms in total. The predicted molar refractivity (Wildman–Crippen MR) is 86.1 cm³/mol. The summed E-state index contributed by atoms with van der Waals surface area (Å²) in [6.45, 7) is 2.13. The van der Waals surface area contributed by atoms with Gasteiger partial charge in [-0.05, 0) is 48.2 Å². The second kappa shape index (κ2) is 7.80. The average Bonchev–Trinajstić information content (AvgIpc) is 2.50. The van der Waals surface area contributed by atoms with Crippen LogP contribution in [-0.2, 0) is 0 Å². The quantitative estimate of drug-likeness (QED) is 0.762. The van der Waals surface area contributed by atoms with Gasteiger partial charge in [-0.25, -0.2) is 0 Å². The number of halogens is 1. The van der Waals surface area contributed by atoms with Crippen LogP contribution in [-0.4, -0.2) is 11.1 Å². The molecule has 0 saturated heterocycles. The lowest BCUT2D eigenvalue weighted by Crippen LogP contribution is -2.18. The highest BCUT2D eigenvalue weighted by Crippen LogP contribution is 2.25. The predicted octanol–water partition coefficient (Wildman–Crippen LogP) is 4.70. The molecular weight excluding hydrogens is 328 g/mol. The molecule has 0 fully saturated rings. The van der Waals surface area contributed by atoms with Gasteiger partial charge in [0.05, 0.1) is 12.5 Å². The summed E-state index contributed by atoms with van der Waals surface area (Å²) in [4.78, 5) is 4.14. The molecule has 0 bridgehead atoms. The molecule has 2 aromatic rings. The summed E-state index contributed by atoms with van der Waals surface area (Å²) in [5.74, 6) is 1.09. The van der Waals surface area contributed by atoms with Gasteiger partial charge in [-0.1, -0.05) is 28.9 Å². The molecule has 0 spiro atoms. The van der Waals surface area contributed by atoms with Crippen LogP contribution >= 0.6 is 15.9 Å². The maximum Gasteiger partial charge on any atom is 0.119 e. The summed E-state index contributed by atoms with van der Waals surface area (Å²) >= 11 is 3.40. The van der Waals surface area contributed by atoms with Crippen molar-refractivity contribution in [3.8, 4) is 11.8 Å². The topological polar surface area (TPSA) is 45.9 Å². The van der Waals surface area contributed by atoms with Crippen LogP contribution in [0.1, 0.15) is 31.2 Å². The third kappa shape index (κ3) is 4.87. The molecule has 2 unspecified atom stereocenters. The first-order valence-electron chi connectivity index (χ1n) is 6.88. The lowest BCUT2D eigenvalue weighted by atomic mass is 9.95. The number of pyridine rings is 1. The summed E-state index contributed by atoms with van der Waals surface area (Å²) in [6.07, 6.45) is 4.68. The molecule has 4 heteroatoms. The molecular formula is C17H17BrN2O. The van der Waals surface area contributed by atoms with Crippen molar-refractivity contribution in [1.29, 1.82) is 5.26 Å². The Hall–Kier alpha value is -1.86. The van der Waals surface area contributed by atoms with Gasteiger partial charge in [0.25, 0.3) is 0 Å². The summed E-state index contributed by atoms with van der Waals surface area (Å²) in [5, 5.41) is 8.99. The van der Waals surface area contributed by atoms with Crippen molar-refractivity contribution in [2.75, 3.05) is 0 Å². The van der Waals surface area contributed by atoms with Gasteiger partial charge in [0.2, 0.25) is 0 Å². The van der Waals surface area contributed by atoms with E-state index in [1.54, 1.807) is 6.20 Å². The standard InChI is InChI=1S/C17H17BrN2O/c1-13(14-3-2-10-20-12-14)11-17(8-9-19)21-16-6-4-15(18)5-7-16/h2-7,10,12-13,17H,8,11H2,1H3. The lowest BCUT2D eigenvalue weighted by molar-refractivity contribution is 0.188. The fourth-order valence-corrected chi connectivity index (χ4v) is 2.44. The normalized spacial score (nSPS) is 13.2. The number of benzene rings is 1. The highest BCUT2D eigenvalue weighted by molar-refractivity contribution is 9.10. The Morgan fingerprint density at radius 1 is 1.29 bits per heavy atom. The van der Waals surface area contributed by atoms with Crippen LogP contribution in [0.25, 0.3) is 0 Å². The van der Waals surface area contributed by atoms with Crippen LogP contribution in [0.2, 0.25) is 0 Å². The molecule has 1 heterocycles. The molecule has 0 radical (unpaired) electrons. The van der Waals surface area contributed by atoms with E-state index >= 15 is 0 Å². The third-order valence-electron chi connectivity index (χ3n) is 3.31. The summed E-state index contributed by atoms with van der Waals surface area (Å²) in [7, 11) is 0. The van der Waals surface area contributed by atoms with E-state index in [4.69, 9.17) is 10.00 Å². The smallest absolute Gasteiger partial charge is 0.119 e. The van der Waals surface area contributed by atoms with Gasteiger partial charge in [0.1, 0.15) is 11.9 Å². The first-order chi connectivity index (χ1) is 10.2. The SMILES string of the molecule is CC(CC(CC#N)Oc1ccc(Br)cc1)c1cccnc1. The monoisotopic (exact) mass is 344 g/mol. The van der Waals surface area contributed by atoms with Crippen LogP contribution in [0.3, 0.4) is 0 Å². The van der Waals surface area contributed by atoms with Crippen molar-refractivity contribution in [3.63, 3.8) is 0 Å². The molecule has 0 aliphatic carbocycles. The minimum atomic E-state index is -0.119. The summed E-state index contributed by atoms with van der Waals surface area (Å²) in [5.41, 5.74) is 1.17. The molecule has 2 rings (SSSR count). The maximum atomic E-state index is 8.99. The minimum absolute atomic E-state index is 0.119.